The fourth-order valence-electron chi connectivity index (χ4n) is 1.03. The molecule has 0 fully saturated rings. The van der Waals surface area contributed by atoms with E-state index in [-0.39, 0.29) is 6.23 Å². The molecule has 0 amide bonds. The van der Waals surface area contributed by atoms with Crippen LogP contribution in [0.1, 0.15) is 33.6 Å². The summed E-state index contributed by atoms with van der Waals surface area (Å²) in [7, 11) is -2.23. The zero-order chi connectivity index (χ0) is 10.2. The van der Waals surface area contributed by atoms with E-state index in [4.69, 9.17) is 8.85 Å². The Kier molecular flexibility index (Phi) is 7.55. The highest BCUT2D eigenvalue weighted by molar-refractivity contribution is 6.67. The zero-order valence-corrected chi connectivity index (χ0v) is 10.0. The third-order valence-corrected chi connectivity index (χ3v) is 4.94. The molecule has 0 radical (unpaired) electrons. The number of aliphatic hydroxyl groups excluding tert-OH is 1. The maximum Gasteiger partial charge on any atom is 0.364 e. The highest BCUT2D eigenvalue weighted by Gasteiger charge is 2.34. The summed E-state index contributed by atoms with van der Waals surface area (Å²) in [6.07, 6.45) is 2.03. The van der Waals surface area contributed by atoms with Crippen molar-refractivity contribution in [2.24, 2.45) is 0 Å². The second-order valence-electron chi connectivity index (χ2n) is 3.12. The molecule has 0 aliphatic rings. The van der Waals surface area contributed by atoms with Crippen LogP contribution in [0.4, 0.5) is 0 Å². The smallest absolute Gasteiger partial charge is 0.364 e. The minimum absolute atomic E-state index is 0.0729. The van der Waals surface area contributed by atoms with Crippen LogP contribution in [0.2, 0.25) is 6.04 Å². The van der Waals surface area contributed by atoms with Crippen LogP contribution in [-0.4, -0.2) is 33.1 Å². The standard InChI is InChI=1S/C9H22O3Si/c1-4-7-11-13(6-3,9-10)12-8-5-2/h10H,4-9H2,1-3H3. The summed E-state index contributed by atoms with van der Waals surface area (Å²) >= 11 is 0. The molecule has 0 saturated carbocycles. The molecule has 0 atom stereocenters. The van der Waals surface area contributed by atoms with E-state index in [9.17, 15) is 5.11 Å². The molecule has 0 aliphatic carbocycles. The third kappa shape index (κ3) is 4.76. The fourth-order valence-corrected chi connectivity index (χ4v) is 3.08. The molecule has 0 aromatic rings. The molecule has 13 heavy (non-hydrogen) atoms. The molecule has 80 valence electrons. The number of rotatable bonds is 8. The molecule has 0 spiro atoms. The molecule has 1 N–H and O–H groups in total. The second-order valence-corrected chi connectivity index (χ2v) is 6.54. The molecule has 0 bridgehead atoms. The fraction of sp³-hybridized carbons (Fsp3) is 1.00. The largest absolute Gasteiger partial charge is 0.394 e. The van der Waals surface area contributed by atoms with E-state index in [1.165, 1.54) is 0 Å². The van der Waals surface area contributed by atoms with Crippen LogP contribution >= 0.6 is 0 Å². The summed E-state index contributed by atoms with van der Waals surface area (Å²) in [6.45, 7) is 7.54. The average Bonchev–Trinajstić information content (AvgIpc) is 2.20. The molecular weight excluding hydrogens is 184 g/mol. The van der Waals surface area contributed by atoms with Gasteiger partial charge < -0.3 is 14.0 Å². The number of hydrogen-bond donors (Lipinski definition) is 1. The van der Waals surface area contributed by atoms with Gasteiger partial charge in [-0.3, -0.25) is 0 Å². The topological polar surface area (TPSA) is 38.7 Å². The molecule has 0 unspecified atom stereocenters. The lowest BCUT2D eigenvalue weighted by molar-refractivity contribution is 0.141. The first-order valence-electron chi connectivity index (χ1n) is 5.13. The van der Waals surface area contributed by atoms with Crippen LogP contribution in [-0.2, 0) is 8.85 Å². The lowest BCUT2D eigenvalue weighted by Gasteiger charge is -2.27. The monoisotopic (exact) mass is 206 g/mol. The van der Waals surface area contributed by atoms with Gasteiger partial charge in [-0.1, -0.05) is 20.8 Å². The van der Waals surface area contributed by atoms with Crippen molar-refractivity contribution in [3.63, 3.8) is 0 Å². The van der Waals surface area contributed by atoms with Gasteiger partial charge in [-0.2, -0.15) is 0 Å². The minimum Gasteiger partial charge on any atom is -0.394 e. The van der Waals surface area contributed by atoms with Gasteiger partial charge in [0.2, 0.25) is 0 Å². The Morgan fingerprint density at radius 3 is 1.69 bits per heavy atom. The van der Waals surface area contributed by atoms with Crippen molar-refractivity contribution >= 4 is 8.56 Å². The Morgan fingerprint density at radius 2 is 1.46 bits per heavy atom. The second kappa shape index (κ2) is 7.50. The summed E-state index contributed by atoms with van der Waals surface area (Å²) < 4.78 is 11.3. The molecule has 0 aromatic heterocycles. The van der Waals surface area contributed by atoms with E-state index in [0.717, 1.165) is 18.9 Å². The summed E-state index contributed by atoms with van der Waals surface area (Å²) in [4.78, 5) is 0. The van der Waals surface area contributed by atoms with E-state index in [1.807, 2.05) is 6.92 Å². The maximum absolute atomic E-state index is 9.24. The summed E-state index contributed by atoms with van der Waals surface area (Å²) in [5.74, 6) is 0. The Labute approximate surface area is 82.3 Å². The molecule has 0 aromatic carbocycles. The lowest BCUT2D eigenvalue weighted by Crippen LogP contribution is -2.46. The van der Waals surface area contributed by atoms with E-state index in [1.54, 1.807) is 0 Å². The lowest BCUT2D eigenvalue weighted by atomic mass is 10.5. The summed E-state index contributed by atoms with van der Waals surface area (Å²) in [5.41, 5.74) is 0. The van der Waals surface area contributed by atoms with Crippen LogP contribution in [0.25, 0.3) is 0 Å². The SMILES string of the molecule is CCCO[Si](CC)(CO)OCCC. The van der Waals surface area contributed by atoms with Crippen molar-refractivity contribution in [3.8, 4) is 0 Å². The van der Waals surface area contributed by atoms with Crippen LogP contribution in [0, 0.1) is 0 Å². The minimum atomic E-state index is -2.23. The van der Waals surface area contributed by atoms with Crippen molar-refractivity contribution in [1.29, 1.82) is 0 Å². The van der Waals surface area contributed by atoms with Gasteiger partial charge in [-0.25, -0.2) is 0 Å². The molecule has 0 saturated heterocycles. The van der Waals surface area contributed by atoms with Crippen molar-refractivity contribution in [2.75, 3.05) is 19.4 Å². The van der Waals surface area contributed by atoms with Gasteiger partial charge in [0.15, 0.2) is 0 Å². The molecule has 0 heterocycles. The van der Waals surface area contributed by atoms with Crippen LogP contribution in [0.15, 0.2) is 0 Å². The first-order valence-corrected chi connectivity index (χ1v) is 7.36. The van der Waals surface area contributed by atoms with Gasteiger partial charge in [0, 0.05) is 13.2 Å². The van der Waals surface area contributed by atoms with Gasteiger partial charge >= 0.3 is 8.56 Å². The van der Waals surface area contributed by atoms with Crippen LogP contribution in [0.3, 0.4) is 0 Å². The van der Waals surface area contributed by atoms with E-state index < -0.39 is 8.56 Å². The first kappa shape index (κ1) is 13.1. The van der Waals surface area contributed by atoms with Crippen molar-refractivity contribution in [3.05, 3.63) is 0 Å². The Hall–Kier alpha value is 0.0969. The van der Waals surface area contributed by atoms with E-state index in [2.05, 4.69) is 13.8 Å². The van der Waals surface area contributed by atoms with Gasteiger partial charge in [-0.15, -0.1) is 0 Å². The van der Waals surface area contributed by atoms with Gasteiger partial charge in [0.05, 0.1) is 6.23 Å². The maximum atomic E-state index is 9.24. The van der Waals surface area contributed by atoms with Crippen molar-refractivity contribution < 1.29 is 14.0 Å². The zero-order valence-electron chi connectivity index (χ0n) is 9.01. The van der Waals surface area contributed by atoms with Gasteiger partial charge in [0.25, 0.3) is 0 Å². The van der Waals surface area contributed by atoms with E-state index >= 15 is 0 Å². The Bertz CT molecular complexity index is 105. The highest BCUT2D eigenvalue weighted by atomic mass is 28.4. The van der Waals surface area contributed by atoms with Crippen LogP contribution in [0.5, 0.6) is 0 Å². The van der Waals surface area contributed by atoms with Crippen molar-refractivity contribution in [1.82, 2.24) is 0 Å². The third-order valence-electron chi connectivity index (χ3n) is 1.92. The van der Waals surface area contributed by atoms with Crippen LogP contribution < -0.4 is 0 Å². The summed E-state index contributed by atoms with van der Waals surface area (Å²) in [5, 5.41) is 9.24. The predicted molar refractivity (Wildman–Crippen MR) is 55.8 cm³/mol. The first-order chi connectivity index (χ1) is 6.24. The van der Waals surface area contributed by atoms with E-state index in [0.29, 0.717) is 13.2 Å². The summed E-state index contributed by atoms with van der Waals surface area (Å²) in [6, 6.07) is 0.823. The molecular formula is C9H22O3Si. The molecule has 0 aliphatic heterocycles. The number of aliphatic hydroxyl groups is 1. The molecule has 3 nitrogen and oxygen atoms in total. The quantitative estimate of drug-likeness (QED) is 0.616. The highest BCUT2D eigenvalue weighted by Crippen LogP contribution is 2.13. The average molecular weight is 206 g/mol. The Balaban J connectivity index is 3.97. The normalized spacial score (nSPS) is 12.0. The van der Waals surface area contributed by atoms with Gasteiger partial charge in [-0.05, 0) is 18.9 Å². The molecule has 4 heteroatoms. The van der Waals surface area contributed by atoms with Gasteiger partial charge in [0.1, 0.15) is 0 Å². The van der Waals surface area contributed by atoms with Crippen molar-refractivity contribution in [2.45, 2.75) is 39.7 Å². The number of hydrogen-bond acceptors (Lipinski definition) is 3. The molecule has 0 rings (SSSR count). The Morgan fingerprint density at radius 1 is 1.00 bits per heavy atom. The predicted octanol–water partition coefficient (Wildman–Crippen LogP) is 1.83.